The Labute approximate surface area is 74.5 Å². The Kier molecular flexibility index (Phi) is 7.40. The summed E-state index contributed by atoms with van der Waals surface area (Å²) in [5, 5.41) is 0. The van der Waals surface area contributed by atoms with E-state index in [1.807, 2.05) is 0 Å². The fourth-order valence-corrected chi connectivity index (χ4v) is 1.13. The van der Waals surface area contributed by atoms with E-state index in [-0.39, 0.29) is 0 Å². The number of nitrogens with two attached hydrogens (primary N) is 2. The standard InChI is InChI=1S/C9H21FN2/c1-8(7-12)3-2-4-9(10)5-6-11/h8-9H,2-7,11-12H2,1H3. The molecule has 0 aliphatic rings. The molecule has 2 atom stereocenters. The maximum Gasteiger partial charge on any atom is 0.101 e. The van der Waals surface area contributed by atoms with Crippen LogP contribution in [0.1, 0.15) is 32.6 Å². The first kappa shape index (κ1) is 11.8. The van der Waals surface area contributed by atoms with E-state index in [1.165, 1.54) is 0 Å². The van der Waals surface area contributed by atoms with Crippen molar-refractivity contribution in [1.29, 1.82) is 0 Å². The normalized spacial score (nSPS) is 16.0. The molecule has 74 valence electrons. The van der Waals surface area contributed by atoms with Crippen LogP contribution >= 0.6 is 0 Å². The van der Waals surface area contributed by atoms with Gasteiger partial charge in [-0.25, -0.2) is 4.39 Å². The van der Waals surface area contributed by atoms with Gasteiger partial charge in [0.25, 0.3) is 0 Å². The van der Waals surface area contributed by atoms with E-state index in [0.717, 1.165) is 12.8 Å². The number of rotatable bonds is 7. The predicted octanol–water partition coefficient (Wildman–Crippen LogP) is 1.44. The van der Waals surface area contributed by atoms with E-state index in [4.69, 9.17) is 11.5 Å². The molecule has 2 unspecified atom stereocenters. The zero-order valence-corrected chi connectivity index (χ0v) is 7.93. The molecule has 0 spiro atoms. The average molecular weight is 176 g/mol. The van der Waals surface area contributed by atoms with Crippen LogP contribution in [0.3, 0.4) is 0 Å². The molecule has 3 heteroatoms. The third kappa shape index (κ3) is 6.55. The molecule has 0 fully saturated rings. The third-order valence-corrected chi connectivity index (χ3v) is 2.10. The van der Waals surface area contributed by atoms with Crippen molar-refractivity contribution in [3.05, 3.63) is 0 Å². The molecule has 0 rings (SSSR count). The first-order valence-electron chi connectivity index (χ1n) is 4.75. The molecule has 0 aliphatic heterocycles. The first-order chi connectivity index (χ1) is 5.70. The quantitative estimate of drug-likeness (QED) is 0.616. The SMILES string of the molecule is CC(CN)CCCC(F)CCN. The Morgan fingerprint density at radius 1 is 1.17 bits per heavy atom. The van der Waals surface area contributed by atoms with Crippen LogP contribution in [0.2, 0.25) is 0 Å². The Hall–Kier alpha value is -0.150. The summed E-state index contributed by atoms with van der Waals surface area (Å²) in [6, 6.07) is 0. The molecule has 0 saturated carbocycles. The van der Waals surface area contributed by atoms with Crippen molar-refractivity contribution < 1.29 is 4.39 Å². The van der Waals surface area contributed by atoms with E-state index in [0.29, 0.717) is 31.8 Å². The van der Waals surface area contributed by atoms with Crippen molar-refractivity contribution in [2.45, 2.75) is 38.8 Å². The van der Waals surface area contributed by atoms with Gasteiger partial charge in [-0.1, -0.05) is 13.3 Å². The molecule has 0 radical (unpaired) electrons. The minimum Gasteiger partial charge on any atom is -0.330 e. The monoisotopic (exact) mass is 176 g/mol. The first-order valence-corrected chi connectivity index (χ1v) is 4.75. The van der Waals surface area contributed by atoms with Gasteiger partial charge in [-0.15, -0.1) is 0 Å². The van der Waals surface area contributed by atoms with Gasteiger partial charge in [-0.2, -0.15) is 0 Å². The Morgan fingerprint density at radius 2 is 1.83 bits per heavy atom. The highest BCUT2D eigenvalue weighted by molar-refractivity contribution is 4.59. The summed E-state index contributed by atoms with van der Waals surface area (Å²) in [5.74, 6) is 0.523. The highest BCUT2D eigenvalue weighted by Gasteiger charge is 2.05. The zero-order valence-electron chi connectivity index (χ0n) is 7.93. The highest BCUT2D eigenvalue weighted by atomic mass is 19.1. The lowest BCUT2D eigenvalue weighted by molar-refractivity contribution is 0.286. The highest BCUT2D eigenvalue weighted by Crippen LogP contribution is 2.11. The van der Waals surface area contributed by atoms with Gasteiger partial charge in [0, 0.05) is 0 Å². The predicted molar refractivity (Wildman–Crippen MR) is 50.6 cm³/mol. The molecule has 4 N–H and O–H groups in total. The molecule has 0 heterocycles. The summed E-state index contributed by atoms with van der Waals surface area (Å²) in [6.45, 7) is 3.25. The molecular formula is C9H21FN2. The van der Waals surface area contributed by atoms with Gasteiger partial charge < -0.3 is 11.5 Å². The summed E-state index contributed by atoms with van der Waals surface area (Å²) in [6.07, 6.45) is 2.39. The van der Waals surface area contributed by atoms with Crippen LogP contribution in [0.4, 0.5) is 4.39 Å². The molecule has 0 aliphatic carbocycles. The van der Waals surface area contributed by atoms with Crippen LogP contribution in [0.5, 0.6) is 0 Å². The number of hydrogen-bond acceptors (Lipinski definition) is 2. The van der Waals surface area contributed by atoms with Gasteiger partial charge in [0.15, 0.2) is 0 Å². The summed E-state index contributed by atoms with van der Waals surface area (Å²) < 4.78 is 12.8. The van der Waals surface area contributed by atoms with Crippen LogP contribution in [0.15, 0.2) is 0 Å². The van der Waals surface area contributed by atoms with Gasteiger partial charge in [-0.05, 0) is 38.3 Å². The molecule has 0 aromatic carbocycles. The Morgan fingerprint density at radius 3 is 2.33 bits per heavy atom. The lowest BCUT2D eigenvalue weighted by Crippen LogP contribution is -2.12. The summed E-state index contributed by atoms with van der Waals surface area (Å²) in [5.41, 5.74) is 10.7. The van der Waals surface area contributed by atoms with Gasteiger partial charge in [0.2, 0.25) is 0 Å². The lowest BCUT2D eigenvalue weighted by atomic mass is 10.0. The second-order valence-electron chi connectivity index (χ2n) is 3.45. The lowest BCUT2D eigenvalue weighted by Gasteiger charge is -2.09. The Bertz CT molecular complexity index is 98.5. The number of halogens is 1. The molecule has 0 amide bonds. The van der Waals surface area contributed by atoms with Crippen LogP contribution in [-0.2, 0) is 0 Å². The summed E-state index contributed by atoms with van der Waals surface area (Å²) in [4.78, 5) is 0. The smallest absolute Gasteiger partial charge is 0.101 e. The molecular weight excluding hydrogens is 155 g/mol. The van der Waals surface area contributed by atoms with Crippen molar-refractivity contribution in [3.63, 3.8) is 0 Å². The average Bonchev–Trinajstić information content (AvgIpc) is 2.04. The van der Waals surface area contributed by atoms with E-state index >= 15 is 0 Å². The summed E-state index contributed by atoms with van der Waals surface area (Å²) in [7, 11) is 0. The largest absolute Gasteiger partial charge is 0.330 e. The fraction of sp³-hybridized carbons (Fsp3) is 1.00. The number of alkyl halides is 1. The number of hydrogen-bond donors (Lipinski definition) is 2. The maximum absolute atomic E-state index is 12.8. The maximum atomic E-state index is 12.8. The van der Waals surface area contributed by atoms with E-state index in [9.17, 15) is 4.39 Å². The van der Waals surface area contributed by atoms with Gasteiger partial charge in [0.05, 0.1) is 0 Å². The van der Waals surface area contributed by atoms with Crippen molar-refractivity contribution in [2.24, 2.45) is 17.4 Å². The second kappa shape index (κ2) is 7.50. The van der Waals surface area contributed by atoms with Gasteiger partial charge >= 0.3 is 0 Å². The van der Waals surface area contributed by atoms with Crippen molar-refractivity contribution in [1.82, 2.24) is 0 Å². The van der Waals surface area contributed by atoms with Crippen molar-refractivity contribution in [2.75, 3.05) is 13.1 Å². The van der Waals surface area contributed by atoms with E-state index < -0.39 is 6.17 Å². The van der Waals surface area contributed by atoms with Crippen LogP contribution in [0.25, 0.3) is 0 Å². The molecule has 2 nitrogen and oxygen atoms in total. The molecule has 12 heavy (non-hydrogen) atoms. The molecule has 0 saturated heterocycles. The van der Waals surface area contributed by atoms with Gasteiger partial charge in [-0.3, -0.25) is 0 Å². The van der Waals surface area contributed by atoms with E-state index in [1.54, 1.807) is 0 Å². The van der Waals surface area contributed by atoms with E-state index in [2.05, 4.69) is 6.92 Å². The molecule has 0 aromatic rings. The topological polar surface area (TPSA) is 52.0 Å². The minimum atomic E-state index is -0.708. The van der Waals surface area contributed by atoms with Gasteiger partial charge in [0.1, 0.15) is 6.17 Å². The second-order valence-corrected chi connectivity index (χ2v) is 3.45. The molecule has 0 bridgehead atoms. The fourth-order valence-electron chi connectivity index (χ4n) is 1.13. The summed E-state index contributed by atoms with van der Waals surface area (Å²) >= 11 is 0. The van der Waals surface area contributed by atoms with Crippen LogP contribution in [-0.4, -0.2) is 19.3 Å². The molecule has 0 aromatic heterocycles. The third-order valence-electron chi connectivity index (χ3n) is 2.10. The minimum absolute atomic E-state index is 0.452. The zero-order chi connectivity index (χ0) is 9.40. The van der Waals surface area contributed by atoms with Crippen LogP contribution in [0, 0.1) is 5.92 Å². The van der Waals surface area contributed by atoms with Crippen LogP contribution < -0.4 is 11.5 Å². The van der Waals surface area contributed by atoms with Crippen molar-refractivity contribution in [3.8, 4) is 0 Å². The Balaban J connectivity index is 3.18. The van der Waals surface area contributed by atoms with Crippen molar-refractivity contribution >= 4 is 0 Å².